The van der Waals surface area contributed by atoms with Gasteiger partial charge in [0.2, 0.25) is 5.95 Å². The monoisotopic (exact) mass is 397 g/mol. The zero-order valence-corrected chi connectivity index (χ0v) is 17.1. The van der Waals surface area contributed by atoms with Crippen molar-refractivity contribution in [1.29, 1.82) is 0 Å². The SMILES string of the molecule is CCOC(=O)N1CCC(Nc2nc(C)cc(Nc3ccc(C(C)=O)cc3)n2)CC1. The molecule has 1 saturated heterocycles. The normalized spacial score (nSPS) is 14.4. The number of hydrogen-bond donors (Lipinski definition) is 2. The van der Waals surface area contributed by atoms with Crippen LogP contribution in [0.1, 0.15) is 42.7 Å². The van der Waals surface area contributed by atoms with E-state index in [1.54, 1.807) is 24.0 Å². The molecule has 1 aromatic carbocycles. The van der Waals surface area contributed by atoms with Gasteiger partial charge < -0.3 is 20.3 Å². The number of aryl methyl sites for hydroxylation is 1. The van der Waals surface area contributed by atoms with Crippen LogP contribution >= 0.6 is 0 Å². The maximum atomic E-state index is 11.8. The zero-order chi connectivity index (χ0) is 20.8. The topological polar surface area (TPSA) is 96.5 Å². The van der Waals surface area contributed by atoms with Gasteiger partial charge >= 0.3 is 6.09 Å². The van der Waals surface area contributed by atoms with Crippen molar-refractivity contribution < 1.29 is 14.3 Å². The number of Topliss-reactive ketones (excluding diaryl/α,β-unsaturated/α-hetero) is 1. The molecule has 2 N–H and O–H groups in total. The third-order valence-electron chi connectivity index (χ3n) is 4.77. The van der Waals surface area contributed by atoms with Crippen LogP contribution in [-0.4, -0.2) is 52.5 Å². The zero-order valence-electron chi connectivity index (χ0n) is 17.1. The van der Waals surface area contributed by atoms with Crippen molar-refractivity contribution in [3.05, 3.63) is 41.6 Å². The number of nitrogens with zero attached hydrogens (tertiary/aromatic N) is 3. The minimum absolute atomic E-state index is 0.0370. The molecule has 29 heavy (non-hydrogen) atoms. The molecule has 1 aromatic heterocycles. The summed E-state index contributed by atoms with van der Waals surface area (Å²) in [6, 6.07) is 9.35. The molecule has 0 saturated carbocycles. The molecule has 0 unspecified atom stereocenters. The lowest BCUT2D eigenvalue weighted by Crippen LogP contribution is -2.42. The molecule has 0 radical (unpaired) electrons. The lowest BCUT2D eigenvalue weighted by Gasteiger charge is -2.31. The lowest BCUT2D eigenvalue weighted by molar-refractivity contribution is 0.0981. The van der Waals surface area contributed by atoms with Gasteiger partial charge in [0, 0.05) is 42.1 Å². The Kier molecular flexibility index (Phi) is 6.64. The van der Waals surface area contributed by atoms with Gasteiger partial charge in [0.15, 0.2) is 5.78 Å². The fraction of sp³-hybridized carbons (Fsp3) is 0.429. The number of carbonyl (C=O) groups excluding carboxylic acids is 2. The van der Waals surface area contributed by atoms with E-state index in [2.05, 4.69) is 20.6 Å². The number of aromatic nitrogens is 2. The Balaban J connectivity index is 1.61. The second kappa shape index (κ2) is 9.36. The first kappa shape index (κ1) is 20.6. The number of rotatable bonds is 6. The van der Waals surface area contributed by atoms with E-state index < -0.39 is 0 Å². The predicted octanol–water partition coefficient (Wildman–Crippen LogP) is 3.76. The van der Waals surface area contributed by atoms with Gasteiger partial charge in [-0.15, -0.1) is 0 Å². The fourth-order valence-corrected chi connectivity index (χ4v) is 3.24. The van der Waals surface area contributed by atoms with E-state index >= 15 is 0 Å². The molecular formula is C21H27N5O3. The van der Waals surface area contributed by atoms with Crippen LogP contribution in [0.25, 0.3) is 0 Å². The number of amides is 1. The molecule has 1 fully saturated rings. The highest BCUT2D eigenvalue weighted by molar-refractivity contribution is 5.94. The summed E-state index contributed by atoms with van der Waals surface area (Å²) >= 11 is 0. The number of ketones is 1. The number of anilines is 3. The number of hydrogen-bond acceptors (Lipinski definition) is 7. The molecule has 1 aliphatic heterocycles. The largest absolute Gasteiger partial charge is 0.450 e. The Hall–Kier alpha value is -3.16. The summed E-state index contributed by atoms with van der Waals surface area (Å²) in [7, 11) is 0. The summed E-state index contributed by atoms with van der Waals surface area (Å²) in [6.07, 6.45) is 1.37. The molecule has 0 spiro atoms. The van der Waals surface area contributed by atoms with Crippen molar-refractivity contribution in [1.82, 2.24) is 14.9 Å². The Bertz CT molecular complexity index is 861. The average molecular weight is 397 g/mol. The molecule has 0 bridgehead atoms. The second-order valence-corrected chi connectivity index (χ2v) is 7.08. The third-order valence-corrected chi connectivity index (χ3v) is 4.77. The van der Waals surface area contributed by atoms with Crippen molar-refractivity contribution in [2.24, 2.45) is 0 Å². The van der Waals surface area contributed by atoms with E-state index in [9.17, 15) is 9.59 Å². The van der Waals surface area contributed by atoms with E-state index in [1.807, 2.05) is 32.0 Å². The molecule has 1 aliphatic rings. The number of likely N-dealkylation sites (tertiary alicyclic amines) is 1. The van der Waals surface area contributed by atoms with Crippen LogP contribution in [0.2, 0.25) is 0 Å². The van der Waals surface area contributed by atoms with Crippen molar-refractivity contribution in [3.8, 4) is 0 Å². The Labute approximate surface area is 170 Å². The average Bonchev–Trinajstić information content (AvgIpc) is 2.68. The van der Waals surface area contributed by atoms with Gasteiger partial charge in [-0.2, -0.15) is 4.98 Å². The standard InChI is InChI=1S/C21H27N5O3/c1-4-29-21(28)26-11-9-18(10-12-26)24-20-22-14(2)13-19(25-20)23-17-7-5-16(6-8-17)15(3)27/h5-8,13,18H,4,9-12H2,1-3H3,(H2,22,23,24,25). The Morgan fingerprint density at radius 1 is 1.17 bits per heavy atom. The van der Waals surface area contributed by atoms with Crippen LogP contribution in [0.3, 0.4) is 0 Å². The van der Waals surface area contributed by atoms with Crippen molar-refractivity contribution in [2.75, 3.05) is 30.3 Å². The summed E-state index contributed by atoms with van der Waals surface area (Å²) in [5, 5.41) is 6.63. The summed E-state index contributed by atoms with van der Waals surface area (Å²) in [6.45, 7) is 6.96. The molecule has 2 heterocycles. The molecule has 2 aromatic rings. The first-order chi connectivity index (χ1) is 13.9. The maximum absolute atomic E-state index is 11.8. The molecule has 3 rings (SSSR count). The Morgan fingerprint density at radius 3 is 2.48 bits per heavy atom. The van der Waals surface area contributed by atoms with Gasteiger partial charge in [-0.05, 0) is 57.9 Å². The first-order valence-electron chi connectivity index (χ1n) is 9.86. The second-order valence-electron chi connectivity index (χ2n) is 7.08. The minimum atomic E-state index is -0.250. The van der Waals surface area contributed by atoms with E-state index in [4.69, 9.17) is 4.74 Å². The fourth-order valence-electron chi connectivity index (χ4n) is 3.24. The smallest absolute Gasteiger partial charge is 0.409 e. The summed E-state index contributed by atoms with van der Waals surface area (Å²) in [4.78, 5) is 34.0. The molecular weight excluding hydrogens is 370 g/mol. The highest BCUT2D eigenvalue weighted by atomic mass is 16.6. The van der Waals surface area contributed by atoms with Crippen LogP contribution in [0.5, 0.6) is 0 Å². The first-order valence-corrected chi connectivity index (χ1v) is 9.86. The van der Waals surface area contributed by atoms with Gasteiger partial charge in [0.1, 0.15) is 5.82 Å². The van der Waals surface area contributed by atoms with Gasteiger partial charge in [0.05, 0.1) is 6.61 Å². The molecule has 8 heteroatoms. The van der Waals surface area contributed by atoms with Crippen LogP contribution in [0, 0.1) is 6.92 Å². The summed E-state index contributed by atoms with van der Waals surface area (Å²) in [5.74, 6) is 1.27. The molecule has 8 nitrogen and oxygen atoms in total. The minimum Gasteiger partial charge on any atom is -0.450 e. The molecule has 154 valence electrons. The highest BCUT2D eigenvalue weighted by Gasteiger charge is 2.24. The van der Waals surface area contributed by atoms with Gasteiger partial charge in [-0.25, -0.2) is 9.78 Å². The van der Waals surface area contributed by atoms with Crippen LogP contribution in [-0.2, 0) is 4.74 Å². The quantitative estimate of drug-likeness (QED) is 0.716. The molecule has 0 aliphatic carbocycles. The van der Waals surface area contributed by atoms with Gasteiger partial charge in [-0.1, -0.05) is 0 Å². The van der Waals surface area contributed by atoms with Gasteiger partial charge in [0.25, 0.3) is 0 Å². The van der Waals surface area contributed by atoms with Crippen LogP contribution in [0.4, 0.5) is 22.2 Å². The van der Waals surface area contributed by atoms with E-state index in [-0.39, 0.29) is 17.9 Å². The van der Waals surface area contributed by atoms with Crippen molar-refractivity contribution in [2.45, 2.75) is 39.7 Å². The van der Waals surface area contributed by atoms with Crippen molar-refractivity contribution >= 4 is 29.3 Å². The number of carbonyl (C=O) groups is 2. The third kappa shape index (κ3) is 5.66. The Morgan fingerprint density at radius 2 is 1.86 bits per heavy atom. The van der Waals surface area contributed by atoms with E-state index in [0.717, 1.165) is 24.2 Å². The number of nitrogens with one attached hydrogen (secondary N) is 2. The lowest BCUT2D eigenvalue weighted by atomic mass is 10.1. The molecule has 0 atom stereocenters. The predicted molar refractivity (Wildman–Crippen MR) is 112 cm³/mol. The van der Waals surface area contributed by atoms with Crippen LogP contribution < -0.4 is 10.6 Å². The summed E-state index contributed by atoms with van der Waals surface area (Å²) in [5.41, 5.74) is 2.36. The molecule has 1 amide bonds. The maximum Gasteiger partial charge on any atom is 0.409 e. The summed E-state index contributed by atoms with van der Waals surface area (Å²) < 4.78 is 5.06. The van der Waals surface area contributed by atoms with E-state index in [0.29, 0.717) is 37.0 Å². The van der Waals surface area contributed by atoms with Gasteiger partial charge in [-0.3, -0.25) is 4.79 Å². The van der Waals surface area contributed by atoms with E-state index in [1.165, 1.54) is 0 Å². The highest BCUT2D eigenvalue weighted by Crippen LogP contribution is 2.20. The number of ether oxygens (including phenoxy) is 1. The number of piperidine rings is 1. The van der Waals surface area contributed by atoms with Crippen LogP contribution in [0.15, 0.2) is 30.3 Å². The number of benzene rings is 1. The van der Waals surface area contributed by atoms with Crippen molar-refractivity contribution in [3.63, 3.8) is 0 Å².